The largest absolute Gasteiger partial charge is 0.547 e. The minimum absolute atomic E-state index is 0.000753. The first-order valence-electron chi connectivity index (χ1n) is 11.0. The molecular weight excluding hydrogens is 384 g/mol. The molecule has 0 aliphatic heterocycles. The number of fused-ring (bicyclic) bond motifs is 1. The lowest BCUT2D eigenvalue weighted by Crippen LogP contribution is -2.48. The number of carbonyl (C=O) groups is 2. The highest BCUT2D eigenvalue weighted by atomic mass is 28.4. The van der Waals surface area contributed by atoms with Crippen molar-refractivity contribution in [2.45, 2.75) is 85.9 Å². The summed E-state index contributed by atoms with van der Waals surface area (Å²) in [6, 6.07) is 0. The number of hydrogen-bond acceptors (Lipinski definition) is 5. The molecule has 2 aliphatic carbocycles. The molecule has 29 heavy (non-hydrogen) atoms. The van der Waals surface area contributed by atoms with Crippen LogP contribution in [0.4, 0.5) is 0 Å². The third-order valence-electron chi connectivity index (χ3n) is 7.20. The summed E-state index contributed by atoms with van der Waals surface area (Å²) < 4.78 is 17.6. The minimum atomic E-state index is -2.05. The Morgan fingerprint density at radius 2 is 1.62 bits per heavy atom. The summed E-state index contributed by atoms with van der Waals surface area (Å²) in [5, 5.41) is 0.0723. The fraction of sp³-hybridized carbons (Fsp3) is 0.826. The van der Waals surface area contributed by atoms with E-state index < -0.39 is 25.7 Å². The lowest BCUT2D eigenvalue weighted by atomic mass is 9.69. The Kier molecular flexibility index (Phi) is 6.68. The van der Waals surface area contributed by atoms with Crippen LogP contribution in [0.1, 0.15) is 67.7 Å². The molecular formula is C23H40O5Si. The molecule has 0 unspecified atom stereocenters. The van der Waals surface area contributed by atoms with Crippen molar-refractivity contribution in [1.29, 1.82) is 0 Å². The van der Waals surface area contributed by atoms with E-state index in [1.165, 1.54) is 0 Å². The van der Waals surface area contributed by atoms with E-state index in [9.17, 15) is 9.59 Å². The molecule has 0 aromatic rings. The predicted octanol–water partition coefficient (Wildman–Crippen LogP) is 5.46. The average Bonchev–Trinajstić information content (AvgIpc) is 2.84. The van der Waals surface area contributed by atoms with Gasteiger partial charge in [0.1, 0.15) is 0 Å². The van der Waals surface area contributed by atoms with Crippen LogP contribution in [0.25, 0.3) is 0 Å². The van der Waals surface area contributed by atoms with Crippen LogP contribution in [0.15, 0.2) is 11.8 Å². The molecule has 1 fully saturated rings. The van der Waals surface area contributed by atoms with Crippen molar-refractivity contribution in [2.24, 2.45) is 22.7 Å². The van der Waals surface area contributed by atoms with Gasteiger partial charge in [-0.15, -0.1) is 0 Å². The number of hydrogen-bond donors (Lipinski definition) is 0. The Hall–Kier alpha value is -1.30. The van der Waals surface area contributed by atoms with Crippen LogP contribution in [-0.2, 0) is 23.5 Å². The second-order valence-electron chi connectivity index (χ2n) is 10.7. The molecule has 166 valence electrons. The van der Waals surface area contributed by atoms with E-state index in [0.29, 0.717) is 6.42 Å². The second kappa shape index (κ2) is 8.08. The van der Waals surface area contributed by atoms with Gasteiger partial charge in [-0.05, 0) is 68.7 Å². The molecule has 0 saturated heterocycles. The number of rotatable bonds is 6. The van der Waals surface area contributed by atoms with Gasteiger partial charge < -0.3 is 13.9 Å². The summed E-state index contributed by atoms with van der Waals surface area (Å²) in [5.74, 6) is -0.0759. The lowest BCUT2D eigenvalue weighted by Gasteiger charge is -2.43. The molecule has 5 nitrogen and oxygen atoms in total. The number of esters is 2. The molecule has 0 radical (unpaired) electrons. The van der Waals surface area contributed by atoms with E-state index in [2.05, 4.69) is 53.8 Å². The normalized spacial score (nSPS) is 25.6. The maximum atomic E-state index is 13.2. The van der Waals surface area contributed by atoms with Crippen molar-refractivity contribution in [1.82, 2.24) is 0 Å². The molecule has 2 aliphatic rings. The van der Waals surface area contributed by atoms with Crippen LogP contribution < -0.4 is 0 Å². The molecule has 0 aromatic carbocycles. The third kappa shape index (κ3) is 4.14. The quantitative estimate of drug-likeness (QED) is 0.322. The molecule has 6 heteroatoms. The lowest BCUT2D eigenvalue weighted by molar-refractivity contribution is -0.176. The number of ether oxygens (including phenoxy) is 2. The Morgan fingerprint density at radius 3 is 2.07 bits per heavy atom. The highest BCUT2D eigenvalue weighted by Crippen LogP contribution is 2.63. The van der Waals surface area contributed by atoms with Gasteiger partial charge in [0.15, 0.2) is 5.41 Å². The van der Waals surface area contributed by atoms with Crippen molar-refractivity contribution >= 4 is 20.3 Å². The van der Waals surface area contributed by atoms with E-state index in [1.54, 1.807) is 13.8 Å². The molecule has 0 N–H and O–H groups in total. The smallest absolute Gasteiger partial charge is 0.323 e. The third-order valence-corrected chi connectivity index (χ3v) is 11.6. The van der Waals surface area contributed by atoms with Gasteiger partial charge in [-0.1, -0.05) is 34.6 Å². The summed E-state index contributed by atoms with van der Waals surface area (Å²) in [6.07, 6.45) is 4.17. The topological polar surface area (TPSA) is 61.8 Å². The minimum Gasteiger partial charge on any atom is -0.547 e. The van der Waals surface area contributed by atoms with Crippen LogP contribution in [0.2, 0.25) is 18.1 Å². The average molecular weight is 425 g/mol. The highest BCUT2D eigenvalue weighted by Gasteiger charge is 2.68. The first-order chi connectivity index (χ1) is 13.2. The van der Waals surface area contributed by atoms with Gasteiger partial charge in [0.05, 0.1) is 19.0 Å². The van der Waals surface area contributed by atoms with E-state index in [1.807, 2.05) is 0 Å². The number of allylic oxidation sites excluding steroid dienone is 2. The van der Waals surface area contributed by atoms with Gasteiger partial charge in [0.2, 0.25) is 8.32 Å². The van der Waals surface area contributed by atoms with Crippen molar-refractivity contribution < 1.29 is 23.5 Å². The Bertz CT molecular complexity index is 653. The zero-order chi connectivity index (χ0) is 22.3. The Labute approximate surface area is 177 Å². The maximum absolute atomic E-state index is 13.2. The van der Waals surface area contributed by atoms with Crippen LogP contribution in [0.3, 0.4) is 0 Å². The van der Waals surface area contributed by atoms with Gasteiger partial charge >= 0.3 is 11.9 Å². The maximum Gasteiger partial charge on any atom is 0.323 e. The summed E-state index contributed by atoms with van der Waals surface area (Å²) in [4.78, 5) is 26.4. The molecule has 0 aromatic heterocycles. The summed E-state index contributed by atoms with van der Waals surface area (Å²) in [7, 11) is -2.05. The van der Waals surface area contributed by atoms with E-state index in [0.717, 1.165) is 18.6 Å². The molecule has 0 spiro atoms. The fourth-order valence-corrected chi connectivity index (χ4v) is 6.03. The summed E-state index contributed by atoms with van der Waals surface area (Å²) in [6.45, 7) is 19.5. The number of carbonyl (C=O) groups excluding carboxylic acids is 2. The van der Waals surface area contributed by atoms with E-state index in [-0.39, 0.29) is 35.5 Å². The van der Waals surface area contributed by atoms with Gasteiger partial charge in [0, 0.05) is 5.92 Å². The first-order valence-corrected chi connectivity index (χ1v) is 13.9. The molecule has 0 bridgehead atoms. The molecule has 2 atom stereocenters. The van der Waals surface area contributed by atoms with Crippen LogP contribution in [-0.4, -0.2) is 33.5 Å². The fourth-order valence-electron chi connectivity index (χ4n) is 4.92. The first kappa shape index (κ1) is 24.0. The van der Waals surface area contributed by atoms with E-state index in [4.69, 9.17) is 13.9 Å². The molecule has 0 amide bonds. The van der Waals surface area contributed by atoms with Crippen LogP contribution in [0, 0.1) is 22.7 Å². The zero-order valence-electron chi connectivity index (χ0n) is 19.8. The van der Waals surface area contributed by atoms with Crippen LogP contribution in [0.5, 0.6) is 0 Å². The SMILES string of the molecule is CCOC(=O)C1(C(=O)OCC)CC(C)(C)[C@@H]2C(O[Si](C)(C)C(C)(C)C)=CCC[C@@H]21. The van der Waals surface area contributed by atoms with Crippen molar-refractivity contribution in [3.05, 3.63) is 11.8 Å². The zero-order valence-corrected chi connectivity index (χ0v) is 20.8. The summed E-state index contributed by atoms with van der Waals surface area (Å²) >= 11 is 0. The molecule has 1 saturated carbocycles. The van der Waals surface area contributed by atoms with Crippen LogP contribution >= 0.6 is 0 Å². The van der Waals surface area contributed by atoms with Gasteiger partial charge in [-0.2, -0.15) is 0 Å². The second-order valence-corrected chi connectivity index (χ2v) is 15.4. The van der Waals surface area contributed by atoms with Gasteiger partial charge in [-0.3, -0.25) is 9.59 Å². The summed E-state index contributed by atoms with van der Waals surface area (Å²) in [5.41, 5.74) is -1.53. The Morgan fingerprint density at radius 1 is 1.10 bits per heavy atom. The predicted molar refractivity (Wildman–Crippen MR) is 117 cm³/mol. The monoisotopic (exact) mass is 424 g/mol. The molecule has 0 heterocycles. The van der Waals surface area contributed by atoms with Crippen molar-refractivity contribution in [2.75, 3.05) is 13.2 Å². The van der Waals surface area contributed by atoms with E-state index >= 15 is 0 Å². The van der Waals surface area contributed by atoms with Crippen molar-refractivity contribution in [3.8, 4) is 0 Å². The van der Waals surface area contributed by atoms with Crippen molar-refractivity contribution in [3.63, 3.8) is 0 Å². The van der Waals surface area contributed by atoms with Gasteiger partial charge in [0.25, 0.3) is 0 Å². The molecule has 2 rings (SSSR count). The highest BCUT2D eigenvalue weighted by molar-refractivity contribution is 6.74. The Balaban J connectivity index is 2.52. The standard InChI is InChI=1S/C23H40O5Si/c1-10-26-19(24)23(20(25)27-11-2)15-22(6,7)18-16(23)13-12-14-17(18)28-29(8,9)21(3,4)5/h14,16,18H,10-13,15H2,1-9H3/t16-,18-/m0/s1. The van der Waals surface area contributed by atoms with Gasteiger partial charge in [-0.25, -0.2) is 0 Å².